The maximum Gasteiger partial charge on any atom is 0.335 e. The van der Waals surface area contributed by atoms with Crippen LogP contribution in [0.3, 0.4) is 0 Å². The van der Waals surface area contributed by atoms with E-state index in [0.717, 1.165) is 49.9 Å². The number of hydrogen-bond acceptors (Lipinski definition) is 5. The van der Waals surface area contributed by atoms with Crippen molar-refractivity contribution in [2.24, 2.45) is 4.99 Å². The van der Waals surface area contributed by atoms with E-state index in [9.17, 15) is 14.9 Å². The van der Waals surface area contributed by atoms with Gasteiger partial charge in [0.1, 0.15) is 0 Å². The maximum atomic E-state index is 11.2. The van der Waals surface area contributed by atoms with E-state index in [0.29, 0.717) is 6.54 Å². The number of hydrogen-bond donors (Lipinski definition) is 2. The molecule has 4 rings (SSSR count). The van der Waals surface area contributed by atoms with E-state index < -0.39 is 10.9 Å². The molecule has 1 aliphatic heterocycles. The van der Waals surface area contributed by atoms with Gasteiger partial charge in [0.15, 0.2) is 5.96 Å². The molecule has 3 aromatic carbocycles. The Bertz CT molecular complexity index is 1170. The third-order valence-corrected chi connectivity index (χ3v) is 5.90. The second-order valence-electron chi connectivity index (χ2n) is 8.20. The summed E-state index contributed by atoms with van der Waals surface area (Å²) >= 11 is 0. The first kappa shape index (κ1) is 23.7. The van der Waals surface area contributed by atoms with E-state index in [2.05, 4.69) is 27.2 Å². The van der Waals surface area contributed by atoms with Crippen LogP contribution in [-0.4, -0.2) is 59.6 Å². The second-order valence-corrected chi connectivity index (χ2v) is 8.20. The van der Waals surface area contributed by atoms with E-state index in [1.54, 1.807) is 36.4 Å². The Morgan fingerprint density at radius 2 is 1.60 bits per heavy atom. The molecule has 0 aliphatic carbocycles. The molecule has 0 aromatic heterocycles. The maximum absolute atomic E-state index is 11.2. The molecular weight excluding hydrogens is 446 g/mol. The molecule has 3 aromatic rings. The molecule has 180 valence electrons. The van der Waals surface area contributed by atoms with Crippen LogP contribution >= 0.6 is 0 Å². The van der Waals surface area contributed by atoms with Gasteiger partial charge in [-0.25, -0.2) is 4.79 Å². The van der Waals surface area contributed by atoms with Crippen LogP contribution in [0.4, 0.5) is 17.1 Å². The number of benzene rings is 3. The first-order valence-electron chi connectivity index (χ1n) is 11.4. The summed E-state index contributed by atoms with van der Waals surface area (Å²) in [5, 5.41) is 23.4. The number of guanidine groups is 1. The molecule has 0 amide bonds. The van der Waals surface area contributed by atoms with Crippen LogP contribution in [0.5, 0.6) is 0 Å². The predicted molar refractivity (Wildman–Crippen MR) is 136 cm³/mol. The minimum Gasteiger partial charge on any atom is -0.478 e. The van der Waals surface area contributed by atoms with E-state index in [1.165, 1.54) is 17.7 Å². The quantitative estimate of drug-likeness (QED) is 0.230. The molecule has 0 atom stereocenters. The summed E-state index contributed by atoms with van der Waals surface area (Å²) in [7, 11) is 0. The van der Waals surface area contributed by atoms with Gasteiger partial charge in [0.25, 0.3) is 5.69 Å². The zero-order valence-electron chi connectivity index (χ0n) is 19.2. The molecule has 0 bridgehead atoms. The number of non-ortho nitro benzene ring substituents is 1. The van der Waals surface area contributed by atoms with Gasteiger partial charge in [0, 0.05) is 56.2 Å². The number of carboxylic acids is 1. The van der Waals surface area contributed by atoms with E-state index in [1.807, 2.05) is 18.2 Å². The highest BCUT2D eigenvalue weighted by atomic mass is 16.6. The molecule has 9 heteroatoms. The molecule has 0 spiro atoms. The third kappa shape index (κ3) is 6.35. The number of nitrogens with one attached hydrogen (secondary N) is 1. The van der Waals surface area contributed by atoms with Crippen molar-refractivity contribution in [3.8, 4) is 0 Å². The van der Waals surface area contributed by atoms with Crippen LogP contribution in [0.2, 0.25) is 0 Å². The fourth-order valence-electron chi connectivity index (χ4n) is 3.94. The number of aliphatic imine (C=N–C) groups is 1. The van der Waals surface area contributed by atoms with Crippen molar-refractivity contribution < 1.29 is 14.8 Å². The van der Waals surface area contributed by atoms with Gasteiger partial charge in [0.05, 0.1) is 10.5 Å². The van der Waals surface area contributed by atoms with Crippen LogP contribution < -0.4 is 10.2 Å². The Kier molecular flexibility index (Phi) is 7.57. The van der Waals surface area contributed by atoms with Gasteiger partial charge in [-0.15, -0.1) is 0 Å². The summed E-state index contributed by atoms with van der Waals surface area (Å²) in [5.74, 6) is -0.219. The second kappa shape index (κ2) is 11.1. The molecule has 0 unspecified atom stereocenters. The molecule has 0 saturated carbocycles. The van der Waals surface area contributed by atoms with Gasteiger partial charge in [0.2, 0.25) is 0 Å². The summed E-state index contributed by atoms with van der Waals surface area (Å²) < 4.78 is 0. The number of nitro groups is 1. The molecule has 1 heterocycles. The highest BCUT2D eigenvalue weighted by Crippen LogP contribution is 2.21. The summed E-state index contributed by atoms with van der Waals surface area (Å²) in [6.07, 6.45) is 0.812. The zero-order chi connectivity index (χ0) is 24.6. The van der Waals surface area contributed by atoms with Crippen LogP contribution in [-0.2, 0) is 6.42 Å². The van der Waals surface area contributed by atoms with Gasteiger partial charge >= 0.3 is 5.97 Å². The number of carbonyl (C=O) groups is 1. The number of aromatic carboxylic acids is 1. The summed E-state index contributed by atoms with van der Waals surface area (Å²) in [6.45, 7) is 3.55. The van der Waals surface area contributed by atoms with Gasteiger partial charge in [-0.3, -0.25) is 15.1 Å². The smallest absolute Gasteiger partial charge is 0.335 e. The van der Waals surface area contributed by atoms with Crippen molar-refractivity contribution in [2.45, 2.75) is 6.42 Å². The highest BCUT2D eigenvalue weighted by molar-refractivity contribution is 5.95. The number of nitrogens with zero attached hydrogens (tertiary/aromatic N) is 4. The third-order valence-electron chi connectivity index (χ3n) is 5.90. The number of rotatable bonds is 7. The molecule has 9 nitrogen and oxygen atoms in total. The monoisotopic (exact) mass is 473 g/mol. The average molecular weight is 474 g/mol. The van der Waals surface area contributed by atoms with Gasteiger partial charge < -0.3 is 20.2 Å². The topological polar surface area (TPSA) is 111 Å². The van der Waals surface area contributed by atoms with Gasteiger partial charge in [-0.2, -0.15) is 0 Å². The van der Waals surface area contributed by atoms with Crippen molar-refractivity contribution in [3.05, 3.63) is 100 Å². The van der Waals surface area contributed by atoms with Crippen molar-refractivity contribution in [1.82, 2.24) is 4.90 Å². The average Bonchev–Trinajstić information content (AvgIpc) is 2.89. The minimum atomic E-state index is -0.962. The van der Waals surface area contributed by atoms with Gasteiger partial charge in [-0.05, 0) is 48.4 Å². The van der Waals surface area contributed by atoms with Crippen LogP contribution in [0, 0.1) is 10.1 Å². The van der Waals surface area contributed by atoms with E-state index in [4.69, 9.17) is 10.1 Å². The SMILES string of the molecule is O=C(O)c1ccc(NC(=NCCc2ccccc2)N2CCN(c3ccc([N+](=O)[O-])cc3)CC2)cc1. The Labute approximate surface area is 203 Å². The normalized spacial score (nSPS) is 14.0. The fourth-order valence-corrected chi connectivity index (χ4v) is 3.94. The predicted octanol–water partition coefficient (Wildman–Crippen LogP) is 4.13. The van der Waals surface area contributed by atoms with Crippen molar-refractivity contribution in [1.29, 1.82) is 0 Å². The first-order valence-corrected chi connectivity index (χ1v) is 11.4. The van der Waals surface area contributed by atoms with Gasteiger partial charge in [-0.1, -0.05) is 30.3 Å². The lowest BCUT2D eigenvalue weighted by atomic mass is 10.1. The Morgan fingerprint density at radius 1 is 0.943 bits per heavy atom. The molecule has 1 fully saturated rings. The summed E-state index contributed by atoms with van der Waals surface area (Å²) in [5.41, 5.74) is 3.25. The number of carboxylic acid groups (broad SMARTS) is 1. The molecule has 35 heavy (non-hydrogen) atoms. The molecule has 2 N–H and O–H groups in total. The summed E-state index contributed by atoms with van der Waals surface area (Å²) in [4.78, 5) is 30.9. The number of piperazine rings is 1. The number of nitro benzene ring substituents is 1. The molecule has 0 radical (unpaired) electrons. The largest absolute Gasteiger partial charge is 0.478 e. The molecular formula is C26H27N5O4. The Morgan fingerprint density at radius 3 is 2.20 bits per heavy atom. The lowest BCUT2D eigenvalue weighted by Gasteiger charge is -2.37. The van der Waals surface area contributed by atoms with E-state index >= 15 is 0 Å². The van der Waals surface area contributed by atoms with Crippen molar-refractivity contribution in [3.63, 3.8) is 0 Å². The van der Waals surface area contributed by atoms with Crippen LogP contribution in [0.15, 0.2) is 83.9 Å². The van der Waals surface area contributed by atoms with Crippen molar-refractivity contribution in [2.75, 3.05) is 42.9 Å². The summed E-state index contributed by atoms with van der Waals surface area (Å²) in [6, 6.07) is 23.4. The Balaban J connectivity index is 1.44. The minimum absolute atomic E-state index is 0.0818. The van der Waals surface area contributed by atoms with Crippen molar-refractivity contribution >= 4 is 29.0 Å². The standard InChI is InChI=1S/C26H27N5O4/c32-25(33)21-6-8-22(9-7-21)28-26(27-15-14-20-4-2-1-3-5-20)30-18-16-29(17-19-30)23-10-12-24(13-11-23)31(34)35/h1-13H,14-19H2,(H,27,28)(H,32,33). The number of anilines is 2. The van der Waals surface area contributed by atoms with Crippen LogP contribution in [0.1, 0.15) is 15.9 Å². The first-order chi connectivity index (χ1) is 17.0. The highest BCUT2D eigenvalue weighted by Gasteiger charge is 2.21. The van der Waals surface area contributed by atoms with E-state index in [-0.39, 0.29) is 11.3 Å². The lowest BCUT2D eigenvalue weighted by Crippen LogP contribution is -2.50. The lowest BCUT2D eigenvalue weighted by molar-refractivity contribution is -0.384. The zero-order valence-corrected chi connectivity index (χ0v) is 19.2. The Hall–Kier alpha value is -4.40. The molecule has 1 saturated heterocycles. The fraction of sp³-hybridized carbons (Fsp3) is 0.231. The van der Waals surface area contributed by atoms with Crippen LogP contribution in [0.25, 0.3) is 0 Å². The molecule has 1 aliphatic rings.